The van der Waals surface area contributed by atoms with Crippen LogP contribution in [0.25, 0.3) is 16.7 Å². The van der Waals surface area contributed by atoms with Gasteiger partial charge in [-0.25, -0.2) is 4.98 Å². The molecule has 0 aliphatic rings. The maximum absolute atomic E-state index is 12.8. The maximum atomic E-state index is 12.8. The molecule has 0 fully saturated rings. The normalized spacial score (nSPS) is 10.6. The fraction of sp³-hybridized carbons (Fsp3) is 0.130. The van der Waals surface area contributed by atoms with Crippen LogP contribution in [0.3, 0.4) is 0 Å². The molecule has 1 aromatic heterocycles. The summed E-state index contributed by atoms with van der Waals surface area (Å²) < 4.78 is 17.9. The monoisotopic (exact) mass is 403 g/mol. The van der Waals surface area contributed by atoms with Gasteiger partial charge in [0.15, 0.2) is 11.5 Å². The Morgan fingerprint density at radius 2 is 1.53 bits per heavy atom. The van der Waals surface area contributed by atoms with E-state index in [0.717, 1.165) is 16.7 Å². The van der Waals surface area contributed by atoms with Crippen LogP contribution in [-0.2, 0) is 0 Å². The van der Waals surface area contributed by atoms with E-state index in [2.05, 4.69) is 10.3 Å². The quantitative estimate of drug-likeness (QED) is 0.519. The molecule has 0 radical (unpaired) electrons. The number of hydrogen-bond donors (Lipinski definition) is 1. The highest BCUT2D eigenvalue weighted by atomic mass is 16.5. The average molecular weight is 403 g/mol. The number of fused-ring (bicyclic) bond motifs is 1. The maximum Gasteiger partial charge on any atom is 0.259 e. The first-order chi connectivity index (χ1) is 14.6. The van der Waals surface area contributed by atoms with E-state index in [4.69, 9.17) is 14.2 Å². The molecular formula is C23H21N3O4. The number of ether oxygens (including phenoxy) is 3. The van der Waals surface area contributed by atoms with Crippen molar-refractivity contribution in [2.75, 3.05) is 26.6 Å². The molecule has 30 heavy (non-hydrogen) atoms. The lowest BCUT2D eigenvalue weighted by molar-refractivity contribution is 0.102. The number of carbonyl (C=O) groups excluding carboxylic acids is 1. The largest absolute Gasteiger partial charge is 0.496 e. The SMILES string of the molecule is COc1cc(OC)c(C(=O)Nc2ccc(-n3cnc4ccccc43)cc2)cc1OC. The summed E-state index contributed by atoms with van der Waals surface area (Å²) in [6, 6.07) is 18.7. The van der Waals surface area contributed by atoms with Crippen molar-refractivity contribution in [1.82, 2.24) is 9.55 Å². The third-order valence-corrected chi connectivity index (χ3v) is 4.81. The van der Waals surface area contributed by atoms with Gasteiger partial charge in [-0.15, -0.1) is 0 Å². The number of hydrogen-bond acceptors (Lipinski definition) is 5. The van der Waals surface area contributed by atoms with E-state index < -0.39 is 0 Å². The topological polar surface area (TPSA) is 74.6 Å². The molecule has 7 heteroatoms. The Labute approximate surface area is 173 Å². The van der Waals surface area contributed by atoms with Crippen LogP contribution in [0.2, 0.25) is 0 Å². The van der Waals surface area contributed by atoms with E-state index in [1.165, 1.54) is 21.3 Å². The van der Waals surface area contributed by atoms with Crippen molar-refractivity contribution in [3.05, 3.63) is 72.6 Å². The van der Waals surface area contributed by atoms with Gasteiger partial charge < -0.3 is 19.5 Å². The van der Waals surface area contributed by atoms with Gasteiger partial charge in [0.25, 0.3) is 5.91 Å². The van der Waals surface area contributed by atoms with Crippen LogP contribution in [0.5, 0.6) is 17.2 Å². The summed E-state index contributed by atoms with van der Waals surface area (Å²) in [4.78, 5) is 17.3. The third kappa shape index (κ3) is 3.53. The summed E-state index contributed by atoms with van der Waals surface area (Å²) in [6.45, 7) is 0. The lowest BCUT2D eigenvalue weighted by atomic mass is 10.1. The van der Waals surface area contributed by atoms with Crippen LogP contribution < -0.4 is 19.5 Å². The van der Waals surface area contributed by atoms with Crippen molar-refractivity contribution < 1.29 is 19.0 Å². The molecule has 0 bridgehead atoms. The number of methoxy groups -OCH3 is 3. The molecule has 4 aromatic rings. The zero-order valence-corrected chi connectivity index (χ0v) is 16.9. The van der Waals surface area contributed by atoms with E-state index in [9.17, 15) is 4.79 Å². The van der Waals surface area contributed by atoms with E-state index in [0.29, 0.717) is 28.5 Å². The van der Waals surface area contributed by atoms with Gasteiger partial charge in [0, 0.05) is 23.5 Å². The molecule has 152 valence electrons. The van der Waals surface area contributed by atoms with Crippen molar-refractivity contribution in [2.24, 2.45) is 0 Å². The fourth-order valence-electron chi connectivity index (χ4n) is 3.28. The second-order valence-electron chi connectivity index (χ2n) is 6.51. The molecule has 0 saturated heterocycles. The highest BCUT2D eigenvalue weighted by Crippen LogP contribution is 2.35. The fourth-order valence-corrected chi connectivity index (χ4v) is 3.28. The zero-order valence-electron chi connectivity index (χ0n) is 16.9. The zero-order chi connectivity index (χ0) is 21.1. The number of para-hydroxylation sites is 2. The van der Waals surface area contributed by atoms with Crippen LogP contribution in [0.15, 0.2) is 67.0 Å². The molecule has 1 amide bonds. The van der Waals surface area contributed by atoms with Crippen molar-refractivity contribution in [2.45, 2.75) is 0 Å². The first-order valence-electron chi connectivity index (χ1n) is 9.28. The molecule has 1 N–H and O–H groups in total. The van der Waals surface area contributed by atoms with Gasteiger partial charge in [-0.05, 0) is 36.4 Å². The number of rotatable bonds is 6. The molecular weight excluding hydrogens is 382 g/mol. The Balaban J connectivity index is 1.58. The van der Waals surface area contributed by atoms with Crippen molar-refractivity contribution >= 4 is 22.6 Å². The first-order valence-corrected chi connectivity index (χ1v) is 9.28. The number of nitrogens with one attached hydrogen (secondary N) is 1. The Kier molecular flexibility index (Phi) is 5.26. The van der Waals surface area contributed by atoms with Crippen molar-refractivity contribution in [3.8, 4) is 22.9 Å². The molecule has 3 aromatic carbocycles. The minimum Gasteiger partial charge on any atom is -0.496 e. The minimum absolute atomic E-state index is 0.311. The summed E-state index contributed by atoms with van der Waals surface area (Å²) in [6.07, 6.45) is 1.78. The Bertz CT molecular complexity index is 1200. The molecule has 7 nitrogen and oxygen atoms in total. The molecule has 0 saturated carbocycles. The molecule has 0 spiro atoms. The van der Waals surface area contributed by atoms with Gasteiger partial charge in [-0.2, -0.15) is 0 Å². The summed E-state index contributed by atoms with van der Waals surface area (Å²) in [5, 5.41) is 2.89. The number of anilines is 1. The highest BCUT2D eigenvalue weighted by molar-refractivity contribution is 6.06. The lowest BCUT2D eigenvalue weighted by Gasteiger charge is -2.14. The van der Waals surface area contributed by atoms with Gasteiger partial charge in [0.1, 0.15) is 12.1 Å². The Morgan fingerprint density at radius 1 is 0.867 bits per heavy atom. The predicted molar refractivity (Wildman–Crippen MR) is 115 cm³/mol. The standard InChI is InChI=1S/C23H21N3O4/c1-28-20-13-22(30-3)21(29-2)12-17(20)23(27)25-15-8-10-16(11-9-15)26-14-24-18-6-4-5-7-19(18)26/h4-14H,1-3H3,(H,25,27). The number of nitrogens with zero attached hydrogens (tertiary/aromatic N) is 2. The van der Waals surface area contributed by atoms with E-state index >= 15 is 0 Å². The predicted octanol–water partition coefficient (Wildman–Crippen LogP) is 4.30. The van der Waals surface area contributed by atoms with Crippen LogP contribution in [0.4, 0.5) is 5.69 Å². The van der Waals surface area contributed by atoms with Crippen LogP contribution in [-0.4, -0.2) is 36.8 Å². The van der Waals surface area contributed by atoms with Gasteiger partial charge in [-0.1, -0.05) is 12.1 Å². The summed E-state index contributed by atoms with van der Waals surface area (Å²) >= 11 is 0. The van der Waals surface area contributed by atoms with Gasteiger partial charge in [0.2, 0.25) is 0 Å². The number of carbonyl (C=O) groups is 1. The second-order valence-corrected chi connectivity index (χ2v) is 6.51. The number of benzene rings is 3. The molecule has 0 aliphatic heterocycles. The van der Waals surface area contributed by atoms with Crippen LogP contribution in [0.1, 0.15) is 10.4 Å². The Hall–Kier alpha value is -4.00. The lowest BCUT2D eigenvalue weighted by Crippen LogP contribution is -2.13. The number of aromatic nitrogens is 2. The number of imidazole rings is 1. The third-order valence-electron chi connectivity index (χ3n) is 4.81. The molecule has 1 heterocycles. The van der Waals surface area contributed by atoms with Crippen molar-refractivity contribution in [3.63, 3.8) is 0 Å². The number of amides is 1. The Morgan fingerprint density at radius 3 is 2.23 bits per heavy atom. The summed E-state index contributed by atoms with van der Waals surface area (Å²) in [7, 11) is 4.55. The molecule has 0 unspecified atom stereocenters. The van der Waals surface area contributed by atoms with Gasteiger partial charge >= 0.3 is 0 Å². The molecule has 4 rings (SSSR count). The van der Waals surface area contributed by atoms with Crippen molar-refractivity contribution in [1.29, 1.82) is 0 Å². The smallest absolute Gasteiger partial charge is 0.259 e. The average Bonchev–Trinajstić information content (AvgIpc) is 3.22. The first kappa shape index (κ1) is 19.3. The van der Waals surface area contributed by atoms with E-state index in [1.54, 1.807) is 18.5 Å². The molecule has 0 aliphatic carbocycles. The summed E-state index contributed by atoms with van der Waals surface area (Å²) in [5.74, 6) is 1.02. The minimum atomic E-state index is -0.311. The highest BCUT2D eigenvalue weighted by Gasteiger charge is 2.18. The van der Waals surface area contributed by atoms with Crippen LogP contribution >= 0.6 is 0 Å². The van der Waals surface area contributed by atoms with Crippen LogP contribution in [0, 0.1) is 0 Å². The van der Waals surface area contributed by atoms with E-state index in [-0.39, 0.29) is 5.91 Å². The summed E-state index contributed by atoms with van der Waals surface area (Å²) in [5.41, 5.74) is 3.90. The molecule has 0 atom stereocenters. The van der Waals surface area contributed by atoms with Gasteiger partial charge in [0.05, 0.1) is 37.9 Å². The van der Waals surface area contributed by atoms with E-state index in [1.807, 2.05) is 53.1 Å². The van der Waals surface area contributed by atoms with Gasteiger partial charge in [-0.3, -0.25) is 9.36 Å². The second kappa shape index (κ2) is 8.16.